The van der Waals surface area contributed by atoms with Crippen LogP contribution in [0.5, 0.6) is 0 Å². The molecule has 0 unspecified atom stereocenters. The third-order valence-corrected chi connectivity index (χ3v) is 5.72. The van der Waals surface area contributed by atoms with Crippen LogP contribution < -0.4 is 11.5 Å². The Labute approximate surface area is 134 Å². The number of guanidine groups is 1. The zero-order valence-electron chi connectivity index (χ0n) is 11.8. The largest absolute Gasteiger partial charge is 0.370 e. The van der Waals surface area contributed by atoms with Gasteiger partial charge >= 0.3 is 0 Å². The number of carbonyl (C=O) groups excluding carboxylic acids is 1. The van der Waals surface area contributed by atoms with Crippen molar-refractivity contribution in [2.24, 2.45) is 16.5 Å². The van der Waals surface area contributed by atoms with Crippen molar-refractivity contribution < 1.29 is 13.2 Å². The molecular formula is C13H17ClN4O3S. The Hall–Kier alpha value is -1.64. The van der Waals surface area contributed by atoms with E-state index in [-0.39, 0.29) is 21.4 Å². The Morgan fingerprint density at radius 3 is 2.41 bits per heavy atom. The first-order valence-electron chi connectivity index (χ1n) is 6.76. The van der Waals surface area contributed by atoms with Crippen molar-refractivity contribution >= 4 is 33.5 Å². The van der Waals surface area contributed by atoms with Crippen molar-refractivity contribution in [2.75, 3.05) is 13.1 Å². The van der Waals surface area contributed by atoms with Gasteiger partial charge in [-0.1, -0.05) is 18.0 Å². The van der Waals surface area contributed by atoms with Gasteiger partial charge in [-0.3, -0.25) is 4.79 Å². The van der Waals surface area contributed by atoms with Crippen molar-refractivity contribution in [3.8, 4) is 0 Å². The van der Waals surface area contributed by atoms with Crippen molar-refractivity contribution in [1.29, 1.82) is 0 Å². The fraction of sp³-hybridized carbons (Fsp3) is 0.385. The van der Waals surface area contributed by atoms with Gasteiger partial charge in [0.2, 0.25) is 10.0 Å². The standard InChI is InChI=1S/C13H17ClN4O3S/c14-10-5-4-9(12(19)17-13(15)16)8-11(10)22(20,21)18-6-2-1-3-7-18/h4-5,8H,1-3,6-7H2,(H4,15,16,17,19). The van der Waals surface area contributed by atoms with E-state index in [9.17, 15) is 13.2 Å². The van der Waals surface area contributed by atoms with Gasteiger partial charge in [-0.05, 0) is 31.0 Å². The Morgan fingerprint density at radius 1 is 1.18 bits per heavy atom. The van der Waals surface area contributed by atoms with E-state index in [0.29, 0.717) is 13.1 Å². The van der Waals surface area contributed by atoms with Gasteiger partial charge in [-0.25, -0.2) is 8.42 Å². The number of nitrogens with zero attached hydrogens (tertiary/aromatic N) is 2. The molecule has 0 aliphatic carbocycles. The number of nitrogens with two attached hydrogens (primary N) is 2. The summed E-state index contributed by atoms with van der Waals surface area (Å²) >= 11 is 6.01. The maximum atomic E-state index is 12.7. The highest BCUT2D eigenvalue weighted by molar-refractivity contribution is 7.89. The number of aliphatic imine (C=N–C) groups is 1. The lowest BCUT2D eigenvalue weighted by Gasteiger charge is -2.26. The Bertz CT molecular complexity index is 708. The zero-order chi connectivity index (χ0) is 16.3. The molecule has 0 spiro atoms. The van der Waals surface area contributed by atoms with E-state index in [1.54, 1.807) is 0 Å². The molecule has 1 fully saturated rings. The van der Waals surface area contributed by atoms with Crippen LogP contribution in [0.4, 0.5) is 0 Å². The highest BCUT2D eigenvalue weighted by Crippen LogP contribution is 2.28. The van der Waals surface area contributed by atoms with Gasteiger partial charge in [0.1, 0.15) is 4.90 Å². The molecule has 7 nitrogen and oxygen atoms in total. The number of rotatable bonds is 3. The van der Waals surface area contributed by atoms with Crippen LogP contribution in [0, 0.1) is 0 Å². The van der Waals surface area contributed by atoms with Crippen LogP contribution in [0.2, 0.25) is 5.02 Å². The maximum Gasteiger partial charge on any atom is 0.280 e. The monoisotopic (exact) mass is 344 g/mol. The molecule has 1 aromatic carbocycles. The third kappa shape index (κ3) is 3.57. The number of carbonyl (C=O) groups is 1. The minimum absolute atomic E-state index is 0.0619. The normalized spacial score (nSPS) is 16.2. The first-order chi connectivity index (χ1) is 10.3. The second kappa shape index (κ2) is 6.64. The van der Waals surface area contributed by atoms with E-state index < -0.39 is 15.9 Å². The van der Waals surface area contributed by atoms with Crippen molar-refractivity contribution in [3.05, 3.63) is 28.8 Å². The molecule has 1 aromatic rings. The van der Waals surface area contributed by atoms with E-state index in [4.69, 9.17) is 23.1 Å². The number of piperidine rings is 1. The van der Waals surface area contributed by atoms with E-state index >= 15 is 0 Å². The van der Waals surface area contributed by atoms with Crippen molar-refractivity contribution in [3.63, 3.8) is 0 Å². The summed E-state index contributed by atoms with van der Waals surface area (Å²) in [4.78, 5) is 15.1. The van der Waals surface area contributed by atoms with E-state index in [1.165, 1.54) is 22.5 Å². The summed E-state index contributed by atoms with van der Waals surface area (Å²) in [6, 6.07) is 3.95. The number of hydrogen-bond acceptors (Lipinski definition) is 3. The van der Waals surface area contributed by atoms with Crippen LogP contribution in [-0.2, 0) is 10.0 Å². The van der Waals surface area contributed by atoms with Gasteiger partial charge in [0.15, 0.2) is 5.96 Å². The summed E-state index contributed by atoms with van der Waals surface area (Å²) in [5, 5.41) is 0.0619. The molecule has 1 aliphatic heterocycles. The van der Waals surface area contributed by atoms with Gasteiger partial charge < -0.3 is 11.5 Å². The number of benzene rings is 1. The fourth-order valence-corrected chi connectivity index (χ4v) is 4.28. The van der Waals surface area contributed by atoms with Gasteiger partial charge in [0, 0.05) is 18.7 Å². The molecule has 0 atom stereocenters. The molecule has 2 rings (SSSR count). The molecule has 0 bridgehead atoms. The van der Waals surface area contributed by atoms with Gasteiger partial charge in [0.25, 0.3) is 5.91 Å². The summed E-state index contributed by atoms with van der Waals surface area (Å²) < 4.78 is 26.7. The molecule has 1 amide bonds. The van der Waals surface area contributed by atoms with Crippen LogP contribution in [0.1, 0.15) is 29.6 Å². The second-order valence-electron chi connectivity index (χ2n) is 4.95. The lowest BCUT2D eigenvalue weighted by atomic mass is 10.2. The topological polar surface area (TPSA) is 119 Å². The highest BCUT2D eigenvalue weighted by Gasteiger charge is 2.28. The van der Waals surface area contributed by atoms with Crippen molar-refractivity contribution in [1.82, 2.24) is 4.31 Å². The molecule has 1 aliphatic rings. The number of halogens is 1. The van der Waals surface area contributed by atoms with E-state index in [2.05, 4.69) is 4.99 Å². The van der Waals surface area contributed by atoms with Crippen molar-refractivity contribution in [2.45, 2.75) is 24.2 Å². The molecule has 0 radical (unpaired) electrons. The summed E-state index contributed by atoms with van der Waals surface area (Å²) in [5.74, 6) is -1.10. The van der Waals surface area contributed by atoms with E-state index in [0.717, 1.165) is 19.3 Å². The molecule has 120 valence electrons. The first-order valence-corrected chi connectivity index (χ1v) is 8.58. The van der Waals surface area contributed by atoms with Crippen LogP contribution in [0.15, 0.2) is 28.1 Å². The lowest BCUT2D eigenvalue weighted by molar-refractivity contribution is 0.100. The summed E-state index contributed by atoms with van der Waals surface area (Å²) in [6.45, 7) is 0.898. The average Bonchev–Trinajstić information content (AvgIpc) is 2.47. The molecule has 0 saturated carbocycles. The Morgan fingerprint density at radius 2 is 1.82 bits per heavy atom. The molecule has 9 heteroatoms. The summed E-state index contributed by atoms with van der Waals surface area (Å²) in [6.07, 6.45) is 2.62. The Kier molecular flexibility index (Phi) is 5.05. The quantitative estimate of drug-likeness (QED) is 0.624. The molecule has 22 heavy (non-hydrogen) atoms. The molecule has 1 saturated heterocycles. The fourth-order valence-electron chi connectivity index (χ4n) is 2.26. The maximum absolute atomic E-state index is 12.7. The third-order valence-electron chi connectivity index (χ3n) is 3.34. The van der Waals surface area contributed by atoms with Crippen LogP contribution in [-0.4, -0.2) is 37.7 Å². The van der Waals surface area contributed by atoms with Gasteiger partial charge in [-0.15, -0.1) is 0 Å². The van der Waals surface area contributed by atoms with Gasteiger partial charge in [-0.2, -0.15) is 9.30 Å². The van der Waals surface area contributed by atoms with E-state index in [1.807, 2.05) is 0 Å². The minimum atomic E-state index is -3.74. The Balaban J connectivity index is 2.42. The molecule has 0 aromatic heterocycles. The van der Waals surface area contributed by atoms with Gasteiger partial charge in [0.05, 0.1) is 5.02 Å². The summed E-state index contributed by atoms with van der Waals surface area (Å²) in [7, 11) is -3.74. The number of hydrogen-bond donors (Lipinski definition) is 2. The smallest absolute Gasteiger partial charge is 0.280 e. The van der Waals surface area contributed by atoms with Crippen LogP contribution in [0.3, 0.4) is 0 Å². The number of amides is 1. The SMILES string of the molecule is NC(N)=NC(=O)c1ccc(Cl)c(S(=O)(=O)N2CCCCC2)c1. The average molecular weight is 345 g/mol. The zero-order valence-corrected chi connectivity index (χ0v) is 13.4. The molecule has 4 N–H and O–H groups in total. The summed E-state index contributed by atoms with van der Waals surface area (Å²) in [5.41, 5.74) is 10.4. The highest BCUT2D eigenvalue weighted by atomic mass is 35.5. The van der Waals surface area contributed by atoms with Crippen LogP contribution >= 0.6 is 11.6 Å². The second-order valence-corrected chi connectivity index (χ2v) is 7.27. The minimum Gasteiger partial charge on any atom is -0.370 e. The lowest BCUT2D eigenvalue weighted by Crippen LogP contribution is -2.35. The molecular weight excluding hydrogens is 328 g/mol. The molecule has 1 heterocycles. The first kappa shape index (κ1) is 16.7. The predicted molar refractivity (Wildman–Crippen MR) is 84.2 cm³/mol. The van der Waals surface area contributed by atoms with Crippen LogP contribution in [0.25, 0.3) is 0 Å². The number of sulfonamides is 1. The predicted octanol–water partition coefficient (Wildman–Crippen LogP) is 0.928.